The lowest BCUT2D eigenvalue weighted by Crippen LogP contribution is -2.20. The number of halogens is 2. The van der Waals surface area contributed by atoms with E-state index < -0.39 is 0 Å². The van der Waals surface area contributed by atoms with Crippen LogP contribution >= 0.6 is 27.5 Å². The molecule has 6 aromatic rings. The zero-order chi connectivity index (χ0) is 26.1. The lowest BCUT2D eigenvalue weighted by molar-refractivity contribution is 0.306. The number of para-hydroxylation sites is 2. The van der Waals surface area contributed by atoms with Gasteiger partial charge in [-0.2, -0.15) is 9.78 Å². The molecule has 6 rings (SSSR count). The first-order chi connectivity index (χ1) is 18.5. The molecular weight excluding hydrogens is 566 g/mol. The standard InChI is InChI=1S/C30H19BrClN3O3/c31-22-11-14-27-21(15-22)16-28(38-27)29-34-25-7-3-2-6-24(25)30(36)35(29)33-17-20-5-1-4-8-26(20)37-18-19-9-12-23(32)13-10-19/h1-17H,18H2. The smallest absolute Gasteiger partial charge is 0.282 e. The number of nitrogens with zero attached hydrogens (tertiary/aromatic N) is 3. The molecule has 0 radical (unpaired) electrons. The second kappa shape index (κ2) is 10.3. The minimum atomic E-state index is -0.303. The lowest BCUT2D eigenvalue weighted by atomic mass is 10.2. The van der Waals surface area contributed by atoms with Gasteiger partial charge in [0.1, 0.15) is 17.9 Å². The fourth-order valence-corrected chi connectivity index (χ4v) is 4.60. The van der Waals surface area contributed by atoms with Crippen LogP contribution in [0.2, 0.25) is 5.02 Å². The normalized spacial score (nSPS) is 11.5. The van der Waals surface area contributed by atoms with Crippen molar-refractivity contribution in [3.05, 3.63) is 128 Å². The van der Waals surface area contributed by atoms with E-state index >= 15 is 0 Å². The Morgan fingerprint density at radius 3 is 2.63 bits per heavy atom. The van der Waals surface area contributed by atoms with Gasteiger partial charge in [0.2, 0.25) is 5.82 Å². The van der Waals surface area contributed by atoms with Gasteiger partial charge in [-0.05, 0) is 66.2 Å². The van der Waals surface area contributed by atoms with Gasteiger partial charge >= 0.3 is 0 Å². The van der Waals surface area contributed by atoms with Crippen LogP contribution in [0.1, 0.15) is 11.1 Å². The Morgan fingerprint density at radius 1 is 0.974 bits per heavy atom. The molecule has 0 fully saturated rings. The molecule has 0 aliphatic carbocycles. The van der Waals surface area contributed by atoms with Crippen molar-refractivity contribution in [1.29, 1.82) is 0 Å². The molecule has 186 valence electrons. The lowest BCUT2D eigenvalue weighted by Gasteiger charge is -2.10. The van der Waals surface area contributed by atoms with Crippen LogP contribution in [0.25, 0.3) is 33.5 Å². The summed E-state index contributed by atoms with van der Waals surface area (Å²) in [6.45, 7) is 0.360. The molecule has 38 heavy (non-hydrogen) atoms. The largest absolute Gasteiger partial charge is 0.488 e. The van der Waals surface area contributed by atoms with E-state index in [0.29, 0.717) is 51.0 Å². The number of rotatable bonds is 6. The number of hydrogen-bond donors (Lipinski definition) is 0. The Hall–Kier alpha value is -4.20. The number of ether oxygens (including phenoxy) is 1. The van der Waals surface area contributed by atoms with Gasteiger partial charge in [-0.3, -0.25) is 4.79 Å². The zero-order valence-electron chi connectivity index (χ0n) is 19.8. The summed E-state index contributed by atoms with van der Waals surface area (Å²) in [6.07, 6.45) is 1.60. The highest BCUT2D eigenvalue weighted by Gasteiger charge is 2.17. The van der Waals surface area contributed by atoms with Crippen molar-refractivity contribution >= 4 is 55.6 Å². The summed E-state index contributed by atoms with van der Waals surface area (Å²) in [5.41, 5.74) is 2.63. The number of furan rings is 1. The average Bonchev–Trinajstić information content (AvgIpc) is 3.36. The van der Waals surface area contributed by atoms with E-state index in [1.807, 2.05) is 78.9 Å². The fourth-order valence-electron chi connectivity index (χ4n) is 4.10. The Bertz CT molecular complexity index is 1880. The van der Waals surface area contributed by atoms with E-state index in [9.17, 15) is 4.79 Å². The summed E-state index contributed by atoms with van der Waals surface area (Å²) in [5.74, 6) is 1.37. The van der Waals surface area contributed by atoms with Crippen LogP contribution in [0.5, 0.6) is 5.75 Å². The van der Waals surface area contributed by atoms with Crippen LogP contribution < -0.4 is 10.3 Å². The third-order valence-electron chi connectivity index (χ3n) is 5.99. The molecule has 0 saturated carbocycles. The molecule has 0 N–H and O–H groups in total. The highest BCUT2D eigenvalue weighted by Crippen LogP contribution is 2.29. The topological polar surface area (TPSA) is 69.6 Å². The SMILES string of the molecule is O=c1c2ccccc2nc(-c2cc3cc(Br)ccc3o2)n1N=Cc1ccccc1OCc1ccc(Cl)cc1. The minimum absolute atomic E-state index is 0.303. The highest BCUT2D eigenvalue weighted by molar-refractivity contribution is 9.10. The van der Waals surface area contributed by atoms with Gasteiger partial charge < -0.3 is 9.15 Å². The molecule has 0 saturated heterocycles. The molecular formula is C30H19BrClN3O3. The Morgan fingerprint density at radius 2 is 1.76 bits per heavy atom. The predicted molar refractivity (Wildman–Crippen MR) is 154 cm³/mol. The van der Waals surface area contributed by atoms with Crippen LogP contribution in [0.4, 0.5) is 0 Å². The molecule has 0 unspecified atom stereocenters. The molecule has 2 heterocycles. The van der Waals surface area contributed by atoms with Gasteiger partial charge in [0.05, 0.1) is 17.1 Å². The predicted octanol–water partition coefficient (Wildman–Crippen LogP) is 7.69. The first-order valence-corrected chi connectivity index (χ1v) is 12.9. The summed E-state index contributed by atoms with van der Waals surface area (Å²) in [4.78, 5) is 18.3. The van der Waals surface area contributed by atoms with Crippen LogP contribution in [0, 0.1) is 0 Å². The number of benzene rings is 4. The van der Waals surface area contributed by atoms with Gasteiger partial charge in [-0.25, -0.2) is 4.98 Å². The Kier molecular flexibility index (Phi) is 6.54. The number of aromatic nitrogens is 2. The molecule has 0 aliphatic heterocycles. The van der Waals surface area contributed by atoms with Crippen molar-refractivity contribution in [3.8, 4) is 17.3 Å². The maximum Gasteiger partial charge on any atom is 0.282 e. The van der Waals surface area contributed by atoms with Crippen molar-refractivity contribution < 1.29 is 9.15 Å². The van der Waals surface area contributed by atoms with E-state index in [1.165, 1.54) is 4.68 Å². The average molecular weight is 585 g/mol. The quantitative estimate of drug-likeness (QED) is 0.188. The van der Waals surface area contributed by atoms with Crippen LogP contribution in [0.15, 0.2) is 116 Å². The molecule has 2 aromatic heterocycles. The monoisotopic (exact) mass is 583 g/mol. The molecule has 4 aromatic carbocycles. The fraction of sp³-hybridized carbons (Fsp3) is 0.0333. The van der Waals surface area contributed by atoms with E-state index in [0.717, 1.165) is 15.4 Å². The highest BCUT2D eigenvalue weighted by atomic mass is 79.9. The number of hydrogen-bond acceptors (Lipinski definition) is 5. The molecule has 8 heteroatoms. The molecule has 0 bridgehead atoms. The van der Waals surface area contributed by atoms with Crippen molar-refractivity contribution in [1.82, 2.24) is 9.66 Å². The zero-order valence-corrected chi connectivity index (χ0v) is 22.2. The molecule has 6 nitrogen and oxygen atoms in total. The summed E-state index contributed by atoms with van der Waals surface area (Å²) in [5, 5.41) is 6.58. The van der Waals surface area contributed by atoms with Crippen molar-refractivity contribution in [2.45, 2.75) is 6.61 Å². The summed E-state index contributed by atoms with van der Waals surface area (Å²) in [6, 6.07) is 29.7. The van der Waals surface area contributed by atoms with E-state index in [4.69, 9.17) is 25.7 Å². The second-order valence-electron chi connectivity index (χ2n) is 8.56. The summed E-state index contributed by atoms with van der Waals surface area (Å²) in [7, 11) is 0. The first-order valence-electron chi connectivity index (χ1n) is 11.8. The Balaban J connectivity index is 1.42. The van der Waals surface area contributed by atoms with E-state index in [1.54, 1.807) is 24.4 Å². The van der Waals surface area contributed by atoms with E-state index in [2.05, 4.69) is 21.0 Å². The van der Waals surface area contributed by atoms with Crippen LogP contribution in [-0.2, 0) is 6.61 Å². The van der Waals surface area contributed by atoms with E-state index in [-0.39, 0.29) is 5.56 Å². The van der Waals surface area contributed by atoms with Gasteiger partial charge in [0, 0.05) is 20.4 Å². The third-order valence-corrected chi connectivity index (χ3v) is 6.74. The van der Waals surface area contributed by atoms with Crippen LogP contribution in [0.3, 0.4) is 0 Å². The van der Waals surface area contributed by atoms with Crippen LogP contribution in [-0.4, -0.2) is 15.9 Å². The molecule has 0 aliphatic rings. The minimum Gasteiger partial charge on any atom is -0.488 e. The maximum absolute atomic E-state index is 13.6. The molecule has 0 amide bonds. The van der Waals surface area contributed by atoms with Gasteiger partial charge in [-0.15, -0.1) is 0 Å². The second-order valence-corrected chi connectivity index (χ2v) is 9.91. The van der Waals surface area contributed by atoms with Crippen molar-refractivity contribution in [2.24, 2.45) is 5.10 Å². The molecule has 0 atom stereocenters. The maximum atomic E-state index is 13.6. The Labute approximate surface area is 230 Å². The van der Waals surface area contributed by atoms with Crippen molar-refractivity contribution in [2.75, 3.05) is 0 Å². The third kappa shape index (κ3) is 4.86. The summed E-state index contributed by atoms with van der Waals surface area (Å²) < 4.78 is 14.3. The van der Waals surface area contributed by atoms with Gasteiger partial charge in [0.25, 0.3) is 5.56 Å². The summed E-state index contributed by atoms with van der Waals surface area (Å²) >= 11 is 9.48. The first kappa shape index (κ1) is 24.2. The van der Waals surface area contributed by atoms with Crippen molar-refractivity contribution in [3.63, 3.8) is 0 Å². The molecule has 0 spiro atoms. The van der Waals surface area contributed by atoms with Gasteiger partial charge in [-0.1, -0.05) is 63.9 Å². The number of fused-ring (bicyclic) bond motifs is 2. The van der Waals surface area contributed by atoms with Gasteiger partial charge in [0.15, 0.2) is 5.76 Å².